The van der Waals surface area contributed by atoms with E-state index in [4.69, 9.17) is 9.84 Å². The first-order chi connectivity index (χ1) is 10.0. The average Bonchev–Trinajstić information content (AvgIpc) is 2.80. The largest absolute Gasteiger partial charge is 0.481 e. The van der Waals surface area contributed by atoms with Crippen LogP contribution in [0.4, 0.5) is 4.79 Å². The highest BCUT2D eigenvalue weighted by atomic mass is 32.2. The molecule has 0 spiro atoms. The van der Waals surface area contributed by atoms with Crippen molar-refractivity contribution in [3.8, 4) is 0 Å². The number of thioether (sulfide) groups is 1. The molecule has 1 rings (SSSR count). The number of aliphatic hydroxyl groups is 1. The Bertz CT molecular complexity index is 374. The minimum atomic E-state index is -0.779. The van der Waals surface area contributed by atoms with E-state index in [9.17, 15) is 14.7 Å². The van der Waals surface area contributed by atoms with Crippen LogP contribution < -0.4 is 0 Å². The Morgan fingerprint density at radius 1 is 1.57 bits per heavy atom. The van der Waals surface area contributed by atoms with Crippen LogP contribution in [0, 0.1) is 0 Å². The normalized spacial score (nSPS) is 20.0. The molecule has 0 aromatic rings. The summed E-state index contributed by atoms with van der Waals surface area (Å²) in [4.78, 5) is 23.6. The Hall–Kier alpha value is -1.21. The molecule has 0 bridgehead atoms. The van der Waals surface area contributed by atoms with E-state index >= 15 is 0 Å². The van der Waals surface area contributed by atoms with Gasteiger partial charge in [-0.05, 0) is 18.6 Å². The zero-order valence-corrected chi connectivity index (χ0v) is 13.1. The smallest absolute Gasteiger partial charge is 0.410 e. The molecule has 1 aliphatic rings. The van der Waals surface area contributed by atoms with Gasteiger partial charge in [0.1, 0.15) is 6.61 Å². The predicted octanol–water partition coefficient (Wildman–Crippen LogP) is 1.73. The first-order valence-corrected chi connectivity index (χ1v) is 8.29. The third-order valence-electron chi connectivity index (χ3n) is 3.14. The zero-order chi connectivity index (χ0) is 15.7. The van der Waals surface area contributed by atoms with E-state index in [-0.39, 0.29) is 18.6 Å². The number of aliphatic carboxylic acids is 1. The van der Waals surface area contributed by atoms with Gasteiger partial charge in [-0.1, -0.05) is 19.1 Å². The van der Waals surface area contributed by atoms with E-state index in [1.807, 2.05) is 13.0 Å². The van der Waals surface area contributed by atoms with Crippen molar-refractivity contribution >= 4 is 23.8 Å². The van der Waals surface area contributed by atoms with Crippen molar-refractivity contribution in [1.82, 2.24) is 4.90 Å². The Balaban J connectivity index is 2.28. The minimum Gasteiger partial charge on any atom is -0.481 e. The van der Waals surface area contributed by atoms with Gasteiger partial charge in [-0.3, -0.25) is 9.69 Å². The van der Waals surface area contributed by atoms with Crippen molar-refractivity contribution in [3.05, 3.63) is 12.2 Å². The maximum Gasteiger partial charge on any atom is 0.410 e. The summed E-state index contributed by atoms with van der Waals surface area (Å²) in [5.74, 6) is 0.734. The number of rotatable bonds is 10. The van der Waals surface area contributed by atoms with Crippen LogP contribution >= 0.6 is 11.8 Å². The van der Waals surface area contributed by atoms with Crippen LogP contribution in [-0.4, -0.2) is 64.0 Å². The van der Waals surface area contributed by atoms with Gasteiger partial charge in [-0.25, -0.2) is 4.79 Å². The van der Waals surface area contributed by atoms with Crippen LogP contribution in [-0.2, 0) is 9.53 Å². The zero-order valence-electron chi connectivity index (χ0n) is 12.2. The van der Waals surface area contributed by atoms with E-state index in [0.29, 0.717) is 26.0 Å². The van der Waals surface area contributed by atoms with Crippen LogP contribution in [0.2, 0.25) is 0 Å². The summed E-state index contributed by atoms with van der Waals surface area (Å²) < 4.78 is 5.02. The van der Waals surface area contributed by atoms with Gasteiger partial charge in [0, 0.05) is 18.7 Å². The second-order valence-electron chi connectivity index (χ2n) is 4.81. The van der Waals surface area contributed by atoms with Crippen molar-refractivity contribution in [2.45, 2.75) is 38.3 Å². The second kappa shape index (κ2) is 9.68. The third-order valence-corrected chi connectivity index (χ3v) is 4.19. The number of nitrogens with zero attached hydrogens (tertiary/aromatic N) is 1. The van der Waals surface area contributed by atoms with Gasteiger partial charge in [0.25, 0.3) is 0 Å². The van der Waals surface area contributed by atoms with Crippen molar-refractivity contribution in [1.29, 1.82) is 0 Å². The molecule has 1 amide bonds. The molecule has 6 nitrogen and oxygen atoms in total. The first kappa shape index (κ1) is 17.8. The van der Waals surface area contributed by atoms with Gasteiger partial charge in [-0.2, -0.15) is 11.8 Å². The van der Waals surface area contributed by atoms with Crippen molar-refractivity contribution < 1.29 is 24.5 Å². The third kappa shape index (κ3) is 6.86. The monoisotopic (exact) mass is 317 g/mol. The Kier molecular flexibility index (Phi) is 8.22. The molecule has 2 N–H and O–H groups in total. The Morgan fingerprint density at radius 3 is 3.00 bits per heavy atom. The highest BCUT2D eigenvalue weighted by molar-refractivity contribution is 7.99. The molecule has 7 heteroatoms. The highest BCUT2D eigenvalue weighted by Crippen LogP contribution is 2.16. The number of hydrogen-bond donors (Lipinski definition) is 2. The quantitative estimate of drug-likeness (QED) is 0.471. The number of carboxylic acid groups (broad SMARTS) is 1. The summed E-state index contributed by atoms with van der Waals surface area (Å²) >= 11 is 1.63. The molecule has 1 fully saturated rings. The lowest BCUT2D eigenvalue weighted by Crippen LogP contribution is -2.34. The number of ether oxygens (including phenoxy) is 1. The summed E-state index contributed by atoms with van der Waals surface area (Å²) in [6, 6.07) is -0.127. The summed E-state index contributed by atoms with van der Waals surface area (Å²) in [7, 11) is 0. The molecule has 1 heterocycles. The molecular weight excluding hydrogens is 294 g/mol. The van der Waals surface area contributed by atoms with Crippen molar-refractivity contribution in [2.24, 2.45) is 0 Å². The lowest BCUT2D eigenvalue weighted by atomic mass is 10.2. The van der Waals surface area contributed by atoms with E-state index in [1.165, 1.54) is 0 Å². The number of aliphatic hydroxyl groups excluding tert-OH is 1. The van der Waals surface area contributed by atoms with E-state index in [2.05, 4.69) is 0 Å². The molecule has 1 saturated heterocycles. The lowest BCUT2D eigenvalue weighted by molar-refractivity contribution is -0.137. The molecule has 0 saturated carbocycles. The molecule has 21 heavy (non-hydrogen) atoms. The summed E-state index contributed by atoms with van der Waals surface area (Å²) in [5.41, 5.74) is 0. The van der Waals surface area contributed by atoms with E-state index < -0.39 is 12.1 Å². The SMILES string of the molecule is CC[C@H](O)/C=C/[C@H]1COC(=O)N1CCSCCCC(=O)O. The van der Waals surface area contributed by atoms with Crippen LogP contribution in [0.15, 0.2) is 12.2 Å². The van der Waals surface area contributed by atoms with Crippen LogP contribution in [0.5, 0.6) is 0 Å². The molecule has 2 atom stereocenters. The van der Waals surface area contributed by atoms with E-state index in [1.54, 1.807) is 22.7 Å². The maximum atomic E-state index is 11.6. The molecule has 0 aromatic carbocycles. The fraction of sp³-hybridized carbons (Fsp3) is 0.714. The van der Waals surface area contributed by atoms with Crippen LogP contribution in [0.25, 0.3) is 0 Å². The van der Waals surface area contributed by atoms with Crippen molar-refractivity contribution in [3.63, 3.8) is 0 Å². The topological polar surface area (TPSA) is 87.1 Å². The van der Waals surface area contributed by atoms with Gasteiger partial charge in [0.15, 0.2) is 0 Å². The number of amides is 1. The number of hydrogen-bond acceptors (Lipinski definition) is 5. The summed E-state index contributed by atoms with van der Waals surface area (Å²) in [5, 5.41) is 18.0. The van der Waals surface area contributed by atoms with Gasteiger partial charge in [0.05, 0.1) is 12.1 Å². The first-order valence-electron chi connectivity index (χ1n) is 7.14. The predicted molar refractivity (Wildman–Crippen MR) is 81.5 cm³/mol. The van der Waals surface area contributed by atoms with Gasteiger partial charge < -0.3 is 14.9 Å². The highest BCUT2D eigenvalue weighted by Gasteiger charge is 2.30. The fourth-order valence-corrected chi connectivity index (χ4v) is 2.74. The molecular formula is C14H23NO5S. The second-order valence-corrected chi connectivity index (χ2v) is 6.03. The molecule has 120 valence electrons. The number of cyclic esters (lactones) is 1. The lowest BCUT2D eigenvalue weighted by Gasteiger charge is -2.18. The number of carbonyl (C=O) groups excluding carboxylic acids is 1. The number of carbonyl (C=O) groups is 2. The summed E-state index contributed by atoms with van der Waals surface area (Å²) in [6.07, 6.45) is 4.13. The minimum absolute atomic E-state index is 0.127. The number of carboxylic acids is 1. The average molecular weight is 317 g/mol. The van der Waals surface area contributed by atoms with E-state index in [0.717, 1.165) is 11.5 Å². The molecule has 1 aliphatic heterocycles. The molecule has 0 aromatic heterocycles. The fourth-order valence-electron chi connectivity index (χ4n) is 1.86. The Morgan fingerprint density at radius 2 is 2.33 bits per heavy atom. The van der Waals surface area contributed by atoms with Crippen LogP contribution in [0.1, 0.15) is 26.2 Å². The molecule has 0 radical (unpaired) electrons. The molecule has 0 unspecified atom stereocenters. The van der Waals surface area contributed by atoms with Gasteiger partial charge >= 0.3 is 12.1 Å². The Labute approximate surface area is 129 Å². The van der Waals surface area contributed by atoms with Gasteiger partial charge in [0.2, 0.25) is 0 Å². The molecule has 0 aliphatic carbocycles. The van der Waals surface area contributed by atoms with Crippen molar-refractivity contribution in [2.75, 3.05) is 24.7 Å². The standard InChI is InChI=1S/C14H23NO5S/c1-2-12(16)6-5-11-10-20-14(19)15(11)7-9-21-8-3-4-13(17)18/h5-6,11-12,16H,2-4,7-10H2,1H3,(H,17,18)/b6-5+/t11-,12-/m0/s1. The van der Waals surface area contributed by atoms with Crippen LogP contribution in [0.3, 0.4) is 0 Å². The summed E-state index contributed by atoms with van der Waals surface area (Å²) in [6.45, 7) is 2.76. The van der Waals surface area contributed by atoms with Gasteiger partial charge in [-0.15, -0.1) is 0 Å². The maximum absolute atomic E-state index is 11.6.